The van der Waals surface area contributed by atoms with E-state index in [1.54, 1.807) is 0 Å². The molecule has 0 bridgehead atoms. The summed E-state index contributed by atoms with van der Waals surface area (Å²) >= 11 is -0.445. The van der Waals surface area contributed by atoms with Crippen LogP contribution in [-0.4, -0.2) is 16.7 Å². The quantitative estimate of drug-likeness (QED) is 0.366. The molecule has 1 aliphatic rings. The summed E-state index contributed by atoms with van der Waals surface area (Å²) < 4.78 is 65.9. The van der Waals surface area contributed by atoms with Gasteiger partial charge in [-0.25, -0.2) is 4.39 Å². The summed E-state index contributed by atoms with van der Waals surface area (Å²) in [5, 5.41) is 6.38. The number of benzene rings is 1. The number of fused-ring (bicyclic) bond motifs is 1. The first-order valence-electron chi connectivity index (χ1n) is 4.26. The second-order valence-electron chi connectivity index (χ2n) is 3.28. The van der Waals surface area contributed by atoms with Gasteiger partial charge in [0.1, 0.15) is 5.82 Å². The van der Waals surface area contributed by atoms with E-state index in [0.29, 0.717) is 18.3 Å². The summed E-state index contributed by atoms with van der Waals surface area (Å²) in [6.45, 7) is 0. The van der Waals surface area contributed by atoms with E-state index in [9.17, 15) is 22.0 Å². The van der Waals surface area contributed by atoms with Gasteiger partial charge in [0.25, 0.3) is 0 Å². The lowest BCUT2D eigenvalue weighted by molar-refractivity contribution is -0.154. The summed E-state index contributed by atoms with van der Waals surface area (Å²) in [4.78, 5) is -0.613. The molecule has 17 heavy (non-hydrogen) atoms. The summed E-state index contributed by atoms with van der Waals surface area (Å²) in [6, 6.07) is 1.24. The zero-order valence-corrected chi connectivity index (χ0v) is 8.74. The second kappa shape index (κ2) is 3.59. The maximum atomic E-state index is 13.3. The van der Waals surface area contributed by atoms with Gasteiger partial charge in [0.15, 0.2) is 0 Å². The average molecular weight is 269 g/mol. The normalized spacial score (nSPS) is 20.8. The number of hydrogen-bond acceptors (Lipinski definition) is 3. The molecule has 1 heterocycles. The third-order valence-corrected chi connectivity index (χ3v) is 3.42. The van der Waals surface area contributed by atoms with Gasteiger partial charge in [0.05, 0.1) is 6.21 Å². The molecule has 8 heteroatoms. The number of thioether (sulfide) groups is 1. The Labute approximate surface area is 96.1 Å². The first-order chi connectivity index (χ1) is 7.81. The molecule has 0 aliphatic carbocycles. The van der Waals surface area contributed by atoms with Crippen LogP contribution >= 0.6 is 11.8 Å². The molecule has 0 atom stereocenters. The summed E-state index contributed by atoms with van der Waals surface area (Å²) in [5.41, 5.74) is -1.55. The van der Waals surface area contributed by atoms with Crippen molar-refractivity contribution < 1.29 is 27.2 Å². The Hall–Kier alpha value is -1.31. The smallest absolute Gasteiger partial charge is 0.364 e. The Morgan fingerprint density at radius 3 is 2.47 bits per heavy atom. The minimum atomic E-state index is -4.38. The maximum absolute atomic E-state index is 13.3. The van der Waals surface area contributed by atoms with Crippen LogP contribution in [0.4, 0.5) is 22.0 Å². The van der Waals surface area contributed by atoms with Gasteiger partial charge in [-0.2, -0.15) is 17.6 Å². The molecule has 0 amide bonds. The van der Waals surface area contributed by atoms with Crippen molar-refractivity contribution in [3.8, 4) is 0 Å². The number of halogens is 5. The van der Waals surface area contributed by atoms with Gasteiger partial charge in [-0.1, -0.05) is 5.16 Å². The van der Waals surface area contributed by atoms with E-state index < -0.39 is 44.8 Å². The predicted octanol–water partition coefficient (Wildman–Crippen LogP) is 3.42. The highest BCUT2D eigenvalue weighted by atomic mass is 32.2. The first-order valence-corrected chi connectivity index (χ1v) is 5.08. The summed E-state index contributed by atoms with van der Waals surface area (Å²) in [5.74, 6) is -5.39. The van der Waals surface area contributed by atoms with Crippen molar-refractivity contribution in [1.29, 1.82) is 0 Å². The third-order valence-electron chi connectivity index (χ3n) is 2.26. The Bertz CT molecular complexity index is 502. The zero-order chi connectivity index (χ0) is 12.8. The van der Waals surface area contributed by atoms with Gasteiger partial charge in [0, 0.05) is 16.0 Å². The number of rotatable bonds is 1. The maximum Gasteiger partial charge on any atom is 0.364 e. The largest absolute Gasteiger partial charge is 0.411 e. The van der Waals surface area contributed by atoms with Gasteiger partial charge in [-0.3, -0.25) is 0 Å². The zero-order valence-electron chi connectivity index (χ0n) is 7.92. The Balaban J connectivity index is 2.70. The van der Waals surface area contributed by atoms with Crippen molar-refractivity contribution in [3.63, 3.8) is 0 Å². The molecule has 0 saturated carbocycles. The van der Waals surface area contributed by atoms with E-state index in [0.717, 1.165) is 0 Å². The van der Waals surface area contributed by atoms with Crippen molar-refractivity contribution >= 4 is 18.0 Å². The van der Waals surface area contributed by atoms with Gasteiger partial charge >= 0.3 is 11.2 Å². The van der Waals surface area contributed by atoms with Crippen LogP contribution in [-0.2, 0) is 5.92 Å². The van der Waals surface area contributed by atoms with Crippen LogP contribution in [0.15, 0.2) is 22.2 Å². The molecule has 0 spiro atoms. The van der Waals surface area contributed by atoms with Crippen molar-refractivity contribution in [1.82, 2.24) is 0 Å². The summed E-state index contributed by atoms with van der Waals surface area (Å²) in [7, 11) is 0. The summed E-state index contributed by atoms with van der Waals surface area (Å²) in [6.07, 6.45) is 0.513. The lowest BCUT2D eigenvalue weighted by Crippen LogP contribution is -2.29. The molecule has 0 radical (unpaired) electrons. The number of oxime groups is 1. The minimum Gasteiger partial charge on any atom is -0.411 e. The fourth-order valence-corrected chi connectivity index (χ4v) is 2.52. The van der Waals surface area contributed by atoms with Crippen molar-refractivity contribution in [2.45, 2.75) is 16.1 Å². The van der Waals surface area contributed by atoms with Crippen LogP contribution in [0.5, 0.6) is 0 Å². The number of hydrogen-bond donors (Lipinski definition) is 1. The van der Waals surface area contributed by atoms with Crippen LogP contribution in [0.3, 0.4) is 0 Å². The van der Waals surface area contributed by atoms with Crippen molar-refractivity contribution in [2.75, 3.05) is 0 Å². The van der Waals surface area contributed by atoms with E-state index in [4.69, 9.17) is 5.21 Å². The molecule has 1 aliphatic heterocycles. The van der Waals surface area contributed by atoms with Crippen molar-refractivity contribution in [2.24, 2.45) is 5.16 Å². The molecular formula is C9H4F5NOS. The molecule has 1 aromatic carbocycles. The highest BCUT2D eigenvalue weighted by Crippen LogP contribution is 2.61. The topological polar surface area (TPSA) is 32.6 Å². The van der Waals surface area contributed by atoms with E-state index in [-0.39, 0.29) is 0 Å². The van der Waals surface area contributed by atoms with Gasteiger partial charge in [-0.15, -0.1) is 0 Å². The predicted molar refractivity (Wildman–Crippen MR) is 50.5 cm³/mol. The van der Waals surface area contributed by atoms with E-state index in [1.807, 2.05) is 0 Å². The molecule has 0 fully saturated rings. The van der Waals surface area contributed by atoms with Crippen LogP contribution in [0.25, 0.3) is 0 Å². The highest BCUT2D eigenvalue weighted by molar-refractivity contribution is 8.00. The number of nitrogens with zero attached hydrogens (tertiary/aromatic N) is 1. The molecule has 2 nitrogen and oxygen atoms in total. The Morgan fingerprint density at radius 1 is 1.24 bits per heavy atom. The minimum absolute atomic E-state index is 0.445. The molecular weight excluding hydrogens is 265 g/mol. The Morgan fingerprint density at radius 2 is 1.88 bits per heavy atom. The van der Waals surface area contributed by atoms with Gasteiger partial charge in [-0.05, 0) is 23.9 Å². The molecule has 0 saturated heterocycles. The first kappa shape index (κ1) is 12.2. The van der Waals surface area contributed by atoms with Crippen LogP contribution in [0, 0.1) is 5.82 Å². The molecule has 2 rings (SSSR count). The Kier molecular flexibility index (Phi) is 2.57. The molecule has 0 aromatic heterocycles. The molecule has 1 aromatic rings. The van der Waals surface area contributed by atoms with Crippen LogP contribution in [0.1, 0.15) is 11.1 Å². The van der Waals surface area contributed by atoms with Crippen molar-refractivity contribution in [3.05, 3.63) is 29.1 Å². The van der Waals surface area contributed by atoms with Gasteiger partial charge in [0.2, 0.25) is 0 Å². The number of alkyl halides is 4. The SMILES string of the molecule is ON=Cc1c(F)ccc2c1SC(F)(F)C2(F)F. The second-order valence-corrected chi connectivity index (χ2v) is 4.40. The van der Waals surface area contributed by atoms with E-state index >= 15 is 0 Å². The molecule has 1 N–H and O–H groups in total. The highest BCUT2D eigenvalue weighted by Gasteiger charge is 2.64. The fraction of sp³-hybridized carbons (Fsp3) is 0.222. The lowest BCUT2D eigenvalue weighted by Gasteiger charge is -2.17. The van der Waals surface area contributed by atoms with E-state index in [2.05, 4.69) is 5.16 Å². The lowest BCUT2D eigenvalue weighted by atomic mass is 10.1. The fourth-order valence-electron chi connectivity index (χ4n) is 1.46. The average Bonchev–Trinajstić information content (AvgIpc) is 2.39. The molecule has 0 unspecified atom stereocenters. The van der Waals surface area contributed by atoms with E-state index in [1.165, 1.54) is 0 Å². The van der Waals surface area contributed by atoms with Crippen LogP contribution in [0.2, 0.25) is 0 Å². The molecule has 92 valence electrons. The third kappa shape index (κ3) is 1.58. The van der Waals surface area contributed by atoms with Gasteiger partial charge < -0.3 is 5.21 Å². The standard InChI is InChI=1S/C9H4F5NOS/c10-6-2-1-5-7(4(6)3-15-16)17-9(13,14)8(5,11)12/h1-3,16H. The van der Waals surface area contributed by atoms with Crippen LogP contribution < -0.4 is 0 Å². The monoisotopic (exact) mass is 269 g/mol.